The van der Waals surface area contributed by atoms with Crippen LogP contribution in [0.1, 0.15) is 5.69 Å². The molecule has 0 spiro atoms. The minimum atomic E-state index is -0.464. The van der Waals surface area contributed by atoms with E-state index in [1.807, 2.05) is 20.2 Å². The summed E-state index contributed by atoms with van der Waals surface area (Å²) >= 11 is 10.9. The van der Waals surface area contributed by atoms with Gasteiger partial charge in [-0.05, 0) is 37.3 Å². The van der Waals surface area contributed by atoms with E-state index in [1.165, 1.54) is 12.1 Å². The zero-order valence-corrected chi connectivity index (χ0v) is 11.9. The van der Waals surface area contributed by atoms with E-state index >= 15 is 0 Å². The number of nitrogens with one attached hydrogen (secondary N) is 2. The van der Waals surface area contributed by atoms with Gasteiger partial charge in [-0.15, -0.1) is 0 Å². The van der Waals surface area contributed by atoms with E-state index in [9.17, 15) is 4.39 Å². The van der Waals surface area contributed by atoms with Gasteiger partial charge in [0.2, 0.25) is 0 Å². The number of benzene rings is 1. The van der Waals surface area contributed by atoms with Crippen LogP contribution in [0.5, 0.6) is 0 Å². The molecular weight excluding hydrogens is 287 g/mol. The van der Waals surface area contributed by atoms with E-state index in [2.05, 4.69) is 15.7 Å². The molecule has 0 bridgehead atoms. The molecule has 0 atom stereocenters. The monoisotopic (exact) mass is 298 g/mol. The summed E-state index contributed by atoms with van der Waals surface area (Å²) < 4.78 is 14.7. The van der Waals surface area contributed by atoms with E-state index in [0.29, 0.717) is 10.8 Å². The van der Waals surface area contributed by atoms with Gasteiger partial charge >= 0.3 is 0 Å². The lowest BCUT2D eigenvalue weighted by atomic mass is 10.3. The molecule has 2 aromatic rings. The Morgan fingerprint density at radius 2 is 2.16 bits per heavy atom. The lowest BCUT2D eigenvalue weighted by molar-refractivity contribution is 0.628. The Bertz CT molecular complexity index is 626. The number of nitrogens with zero attached hydrogens (tertiary/aromatic N) is 2. The Balaban J connectivity index is 2.05. The zero-order chi connectivity index (χ0) is 14.0. The normalized spacial score (nSPS) is 10.3. The molecule has 0 saturated carbocycles. The van der Waals surface area contributed by atoms with Gasteiger partial charge in [-0.2, -0.15) is 5.10 Å². The van der Waals surface area contributed by atoms with Crippen molar-refractivity contribution in [1.29, 1.82) is 0 Å². The average molecular weight is 299 g/mol. The van der Waals surface area contributed by atoms with Gasteiger partial charge < -0.3 is 10.6 Å². The lowest BCUT2D eigenvalue weighted by Crippen LogP contribution is -2.19. The first kappa shape index (κ1) is 13.8. The molecule has 0 aliphatic carbocycles. The van der Waals surface area contributed by atoms with Crippen LogP contribution >= 0.6 is 23.8 Å². The van der Waals surface area contributed by atoms with Crippen LogP contribution < -0.4 is 10.6 Å². The van der Waals surface area contributed by atoms with E-state index < -0.39 is 5.82 Å². The second kappa shape index (κ2) is 5.54. The lowest BCUT2D eigenvalue weighted by Gasteiger charge is -2.10. The molecule has 2 N–H and O–H groups in total. The molecule has 0 amide bonds. The van der Waals surface area contributed by atoms with Crippen LogP contribution in [0.15, 0.2) is 24.4 Å². The van der Waals surface area contributed by atoms with Crippen molar-refractivity contribution in [2.45, 2.75) is 6.92 Å². The molecule has 0 fully saturated rings. The molecule has 0 aliphatic rings. The molecule has 7 heteroatoms. The Morgan fingerprint density at radius 1 is 1.42 bits per heavy atom. The van der Waals surface area contributed by atoms with Gasteiger partial charge in [0.05, 0.1) is 16.4 Å². The van der Waals surface area contributed by atoms with Crippen LogP contribution in [0.3, 0.4) is 0 Å². The van der Waals surface area contributed by atoms with E-state index in [0.717, 1.165) is 11.4 Å². The van der Waals surface area contributed by atoms with Gasteiger partial charge in [0.15, 0.2) is 5.11 Å². The van der Waals surface area contributed by atoms with Crippen LogP contribution in [0.2, 0.25) is 5.02 Å². The molecule has 1 aromatic heterocycles. The summed E-state index contributed by atoms with van der Waals surface area (Å²) in [7, 11) is 1.83. The van der Waals surface area contributed by atoms with Gasteiger partial charge in [0, 0.05) is 18.9 Å². The number of rotatable bonds is 2. The maximum Gasteiger partial charge on any atom is 0.175 e. The first-order valence-electron chi connectivity index (χ1n) is 5.49. The van der Waals surface area contributed by atoms with Crippen LogP contribution in [0.25, 0.3) is 0 Å². The average Bonchev–Trinajstić information content (AvgIpc) is 2.62. The fourth-order valence-corrected chi connectivity index (χ4v) is 1.99. The molecule has 100 valence electrons. The third kappa shape index (κ3) is 3.42. The zero-order valence-electron chi connectivity index (χ0n) is 10.4. The van der Waals surface area contributed by atoms with Crippen molar-refractivity contribution in [1.82, 2.24) is 9.78 Å². The molecule has 0 saturated heterocycles. The highest BCUT2D eigenvalue weighted by Crippen LogP contribution is 2.20. The predicted octanol–water partition coefficient (Wildman–Crippen LogP) is 3.33. The largest absolute Gasteiger partial charge is 0.332 e. The molecule has 0 unspecified atom stereocenters. The van der Waals surface area contributed by atoms with Gasteiger partial charge in [0.1, 0.15) is 5.82 Å². The highest BCUT2D eigenvalue weighted by atomic mass is 35.5. The van der Waals surface area contributed by atoms with Crippen molar-refractivity contribution in [3.05, 3.63) is 40.9 Å². The second-order valence-electron chi connectivity index (χ2n) is 4.01. The summed E-state index contributed by atoms with van der Waals surface area (Å²) in [6.45, 7) is 1.87. The Kier molecular flexibility index (Phi) is 4.01. The summed E-state index contributed by atoms with van der Waals surface area (Å²) in [5, 5.41) is 10.6. The minimum absolute atomic E-state index is 0.0466. The quantitative estimate of drug-likeness (QED) is 0.835. The number of anilines is 2. The molecule has 19 heavy (non-hydrogen) atoms. The molecule has 0 radical (unpaired) electrons. The Hall–Kier alpha value is -1.66. The maximum atomic E-state index is 13.0. The third-order valence-electron chi connectivity index (χ3n) is 2.44. The summed E-state index contributed by atoms with van der Waals surface area (Å²) in [5.74, 6) is -0.464. The molecular formula is C12H12ClFN4S. The second-order valence-corrected chi connectivity index (χ2v) is 4.83. The first-order valence-corrected chi connectivity index (χ1v) is 6.27. The molecule has 1 aromatic carbocycles. The van der Waals surface area contributed by atoms with Crippen molar-refractivity contribution in [2.75, 3.05) is 10.6 Å². The highest BCUT2D eigenvalue weighted by Gasteiger charge is 2.06. The SMILES string of the molecule is Cc1nn(C)cc1NC(=S)Nc1ccc(F)c(Cl)c1. The number of halogens is 2. The van der Waals surface area contributed by atoms with Crippen molar-refractivity contribution in [2.24, 2.45) is 7.05 Å². The Morgan fingerprint density at radius 3 is 2.74 bits per heavy atom. The Labute approximate surface area is 120 Å². The maximum absolute atomic E-state index is 13.0. The number of aryl methyl sites for hydroxylation is 2. The summed E-state index contributed by atoms with van der Waals surface area (Å²) in [5.41, 5.74) is 2.27. The van der Waals surface area contributed by atoms with E-state index in [4.69, 9.17) is 23.8 Å². The van der Waals surface area contributed by atoms with Crippen LogP contribution in [0, 0.1) is 12.7 Å². The van der Waals surface area contributed by atoms with Gasteiger partial charge in [-0.1, -0.05) is 11.6 Å². The van der Waals surface area contributed by atoms with Gasteiger partial charge in [-0.3, -0.25) is 4.68 Å². The predicted molar refractivity (Wildman–Crippen MR) is 79.2 cm³/mol. The first-order chi connectivity index (χ1) is 8.95. The summed E-state index contributed by atoms with van der Waals surface area (Å²) in [6, 6.07) is 4.31. The molecule has 2 rings (SSSR count). The fourth-order valence-electron chi connectivity index (χ4n) is 1.58. The van der Waals surface area contributed by atoms with Crippen molar-refractivity contribution >= 4 is 40.3 Å². The van der Waals surface area contributed by atoms with Crippen LogP contribution in [0.4, 0.5) is 15.8 Å². The van der Waals surface area contributed by atoms with E-state index in [1.54, 1.807) is 10.7 Å². The number of hydrogen-bond donors (Lipinski definition) is 2. The molecule has 0 aliphatic heterocycles. The smallest absolute Gasteiger partial charge is 0.175 e. The van der Waals surface area contributed by atoms with Crippen molar-refractivity contribution in [3.63, 3.8) is 0 Å². The van der Waals surface area contributed by atoms with E-state index in [-0.39, 0.29) is 5.02 Å². The number of thiocarbonyl (C=S) groups is 1. The fraction of sp³-hybridized carbons (Fsp3) is 0.167. The molecule has 1 heterocycles. The van der Waals surface area contributed by atoms with Gasteiger partial charge in [0.25, 0.3) is 0 Å². The summed E-state index contributed by atoms with van der Waals surface area (Å²) in [6.07, 6.45) is 1.82. The van der Waals surface area contributed by atoms with Crippen molar-refractivity contribution < 1.29 is 4.39 Å². The summed E-state index contributed by atoms with van der Waals surface area (Å²) in [4.78, 5) is 0. The van der Waals surface area contributed by atoms with Gasteiger partial charge in [-0.25, -0.2) is 4.39 Å². The standard InChI is InChI=1S/C12H12ClFN4S/c1-7-11(6-18(2)17-7)16-12(19)15-8-3-4-10(14)9(13)5-8/h3-6H,1-2H3,(H2,15,16,19). The highest BCUT2D eigenvalue weighted by molar-refractivity contribution is 7.80. The third-order valence-corrected chi connectivity index (χ3v) is 2.93. The topological polar surface area (TPSA) is 41.9 Å². The van der Waals surface area contributed by atoms with Crippen LogP contribution in [-0.4, -0.2) is 14.9 Å². The van der Waals surface area contributed by atoms with Crippen LogP contribution in [-0.2, 0) is 7.05 Å². The van der Waals surface area contributed by atoms with Crippen molar-refractivity contribution in [3.8, 4) is 0 Å². The number of aromatic nitrogens is 2. The number of hydrogen-bond acceptors (Lipinski definition) is 2. The molecule has 4 nitrogen and oxygen atoms in total. The minimum Gasteiger partial charge on any atom is -0.332 e.